The van der Waals surface area contributed by atoms with Gasteiger partial charge in [0, 0.05) is 12.6 Å². The molecule has 1 heterocycles. The van der Waals surface area contributed by atoms with E-state index in [4.69, 9.17) is 0 Å². The molecule has 0 N–H and O–H groups in total. The highest BCUT2D eigenvalue weighted by atomic mass is 16.2. The highest BCUT2D eigenvalue weighted by Crippen LogP contribution is 2.29. The summed E-state index contributed by atoms with van der Waals surface area (Å²) in [6, 6.07) is 3.13. The molecular weight excluding hydrogens is 220 g/mol. The van der Waals surface area contributed by atoms with Crippen LogP contribution in [0.5, 0.6) is 0 Å². The highest BCUT2D eigenvalue weighted by Gasteiger charge is 2.44. The summed E-state index contributed by atoms with van der Waals surface area (Å²) in [5.41, 5.74) is -1.25. The number of carbonyl (C=O) groups excluding carboxylic acids is 3. The minimum absolute atomic E-state index is 0.170. The molecule has 0 saturated heterocycles. The first-order valence-corrected chi connectivity index (χ1v) is 5.21. The predicted octanol–water partition coefficient (Wildman–Crippen LogP) is 0.871. The zero-order valence-corrected chi connectivity index (χ0v) is 10.1. The average Bonchev–Trinajstić information content (AvgIpc) is 2.25. The third-order valence-electron chi connectivity index (χ3n) is 2.73. The quantitative estimate of drug-likeness (QED) is 0.706. The third kappa shape index (κ3) is 2.43. The van der Waals surface area contributed by atoms with Gasteiger partial charge < -0.3 is 0 Å². The van der Waals surface area contributed by atoms with Gasteiger partial charge in [-0.1, -0.05) is 0 Å². The lowest BCUT2D eigenvalue weighted by Crippen LogP contribution is -2.43. The lowest BCUT2D eigenvalue weighted by Gasteiger charge is -2.26. The van der Waals surface area contributed by atoms with E-state index < -0.39 is 5.41 Å². The first kappa shape index (κ1) is 13.2. The highest BCUT2D eigenvalue weighted by molar-refractivity contribution is 6.13. The van der Waals surface area contributed by atoms with E-state index in [-0.39, 0.29) is 29.5 Å². The number of aromatic nitrogens is 2. The minimum Gasteiger partial charge on any atom is -0.300 e. The second-order valence-corrected chi connectivity index (χ2v) is 4.01. The molecular formula is C12H14N2O3. The van der Waals surface area contributed by atoms with Gasteiger partial charge in [0.15, 0.2) is 0 Å². The van der Waals surface area contributed by atoms with E-state index in [1.165, 1.54) is 27.0 Å². The van der Waals surface area contributed by atoms with Gasteiger partial charge in [-0.2, -0.15) is 10.2 Å². The topological polar surface area (TPSA) is 77.0 Å². The molecule has 0 aliphatic rings. The summed E-state index contributed by atoms with van der Waals surface area (Å²) in [4.78, 5) is 34.9. The normalized spacial score (nSPS) is 11.0. The van der Waals surface area contributed by atoms with Crippen LogP contribution in [0.3, 0.4) is 0 Å². The Morgan fingerprint density at radius 1 is 1.18 bits per heavy atom. The van der Waals surface area contributed by atoms with Crippen LogP contribution < -0.4 is 0 Å². The average molecular weight is 234 g/mol. The van der Waals surface area contributed by atoms with Gasteiger partial charge in [-0.05, 0) is 32.9 Å². The smallest absolute Gasteiger partial charge is 0.149 e. The largest absolute Gasteiger partial charge is 0.300 e. The fourth-order valence-corrected chi connectivity index (χ4v) is 1.85. The molecule has 5 heteroatoms. The molecule has 17 heavy (non-hydrogen) atoms. The van der Waals surface area contributed by atoms with Gasteiger partial charge in [0.05, 0.1) is 5.69 Å². The summed E-state index contributed by atoms with van der Waals surface area (Å²) in [6.07, 6.45) is 1.28. The number of hydrogen-bond donors (Lipinski definition) is 0. The fourth-order valence-electron chi connectivity index (χ4n) is 1.85. The Kier molecular flexibility index (Phi) is 3.83. The summed E-state index contributed by atoms with van der Waals surface area (Å²) in [5.74, 6) is -1.01. The summed E-state index contributed by atoms with van der Waals surface area (Å²) < 4.78 is 0. The van der Waals surface area contributed by atoms with E-state index in [0.717, 1.165) is 0 Å². The maximum absolute atomic E-state index is 11.8. The maximum atomic E-state index is 11.8. The SMILES string of the molecule is CC(=O)CC(C(C)=O)(C(C)=O)c1cccnn1. The van der Waals surface area contributed by atoms with Crippen LogP contribution in [0.2, 0.25) is 0 Å². The fraction of sp³-hybridized carbons (Fsp3) is 0.417. The second kappa shape index (κ2) is 4.95. The van der Waals surface area contributed by atoms with Crippen molar-refractivity contribution >= 4 is 17.3 Å². The van der Waals surface area contributed by atoms with E-state index in [0.29, 0.717) is 0 Å². The first-order valence-electron chi connectivity index (χ1n) is 5.21. The van der Waals surface area contributed by atoms with Crippen LogP contribution in [0.4, 0.5) is 0 Å². The summed E-state index contributed by atoms with van der Waals surface area (Å²) in [7, 11) is 0. The molecule has 0 aliphatic heterocycles. The molecule has 1 rings (SSSR count). The number of Topliss-reactive ketones (excluding diaryl/α,β-unsaturated/α-hetero) is 3. The van der Waals surface area contributed by atoms with Crippen molar-refractivity contribution in [2.75, 3.05) is 0 Å². The number of hydrogen-bond acceptors (Lipinski definition) is 5. The van der Waals surface area contributed by atoms with Gasteiger partial charge >= 0.3 is 0 Å². The molecule has 0 bridgehead atoms. The lowest BCUT2D eigenvalue weighted by molar-refractivity contribution is -0.136. The lowest BCUT2D eigenvalue weighted by atomic mass is 9.73. The van der Waals surface area contributed by atoms with Crippen molar-refractivity contribution in [3.63, 3.8) is 0 Å². The number of ketones is 3. The molecule has 0 aliphatic carbocycles. The summed E-state index contributed by atoms with van der Waals surface area (Å²) in [5, 5.41) is 7.46. The van der Waals surface area contributed by atoms with Gasteiger partial charge in [-0.15, -0.1) is 0 Å². The Labute approximate surface area is 99.2 Å². The molecule has 0 unspecified atom stereocenters. The van der Waals surface area contributed by atoms with Gasteiger partial charge in [0.2, 0.25) is 0 Å². The van der Waals surface area contributed by atoms with Gasteiger partial charge in [0.1, 0.15) is 22.8 Å². The van der Waals surface area contributed by atoms with Crippen molar-refractivity contribution in [2.24, 2.45) is 0 Å². The Balaban J connectivity index is 3.40. The Morgan fingerprint density at radius 3 is 2.12 bits per heavy atom. The molecule has 0 amide bonds. The second-order valence-electron chi connectivity index (χ2n) is 4.01. The predicted molar refractivity (Wildman–Crippen MR) is 60.4 cm³/mol. The molecule has 1 aromatic rings. The Hall–Kier alpha value is -1.91. The standard InChI is InChI=1S/C12H14N2O3/c1-8(15)7-12(9(2)16,10(3)17)11-5-4-6-13-14-11/h4-6H,7H2,1-3H3. The van der Waals surface area contributed by atoms with Crippen molar-refractivity contribution < 1.29 is 14.4 Å². The summed E-state index contributed by atoms with van der Waals surface area (Å²) in [6.45, 7) is 3.93. The van der Waals surface area contributed by atoms with Gasteiger partial charge in [-0.3, -0.25) is 14.4 Å². The number of rotatable bonds is 5. The third-order valence-corrected chi connectivity index (χ3v) is 2.73. The van der Waals surface area contributed by atoms with E-state index in [1.807, 2.05) is 0 Å². The van der Waals surface area contributed by atoms with Crippen LogP contribution in [-0.4, -0.2) is 27.5 Å². The monoisotopic (exact) mass is 234 g/mol. The number of carbonyl (C=O) groups is 3. The van der Waals surface area contributed by atoms with Crippen LogP contribution >= 0.6 is 0 Å². The molecule has 0 radical (unpaired) electrons. The van der Waals surface area contributed by atoms with Gasteiger partial charge in [-0.25, -0.2) is 0 Å². The minimum atomic E-state index is -1.49. The molecule has 0 atom stereocenters. The van der Waals surface area contributed by atoms with Crippen LogP contribution in [0, 0.1) is 0 Å². The summed E-state index contributed by atoms with van der Waals surface area (Å²) >= 11 is 0. The molecule has 0 saturated carbocycles. The van der Waals surface area contributed by atoms with Crippen molar-refractivity contribution in [1.29, 1.82) is 0 Å². The number of nitrogens with zero attached hydrogens (tertiary/aromatic N) is 2. The van der Waals surface area contributed by atoms with E-state index in [2.05, 4.69) is 10.2 Å². The van der Waals surface area contributed by atoms with Crippen LogP contribution in [-0.2, 0) is 19.8 Å². The van der Waals surface area contributed by atoms with Gasteiger partial charge in [0.25, 0.3) is 0 Å². The molecule has 1 aromatic heterocycles. The van der Waals surface area contributed by atoms with Crippen LogP contribution in [0.15, 0.2) is 18.3 Å². The molecule has 0 fully saturated rings. The van der Waals surface area contributed by atoms with E-state index in [1.54, 1.807) is 12.1 Å². The Bertz CT molecular complexity index is 440. The van der Waals surface area contributed by atoms with E-state index >= 15 is 0 Å². The molecule has 0 aromatic carbocycles. The molecule has 5 nitrogen and oxygen atoms in total. The molecule has 90 valence electrons. The zero-order valence-electron chi connectivity index (χ0n) is 10.1. The van der Waals surface area contributed by atoms with E-state index in [9.17, 15) is 14.4 Å². The van der Waals surface area contributed by atoms with Crippen molar-refractivity contribution in [3.05, 3.63) is 24.0 Å². The molecule has 0 spiro atoms. The first-order chi connectivity index (χ1) is 7.91. The van der Waals surface area contributed by atoms with Crippen LogP contribution in [0.1, 0.15) is 32.9 Å². The maximum Gasteiger partial charge on any atom is 0.149 e. The van der Waals surface area contributed by atoms with Crippen molar-refractivity contribution in [1.82, 2.24) is 10.2 Å². The van der Waals surface area contributed by atoms with Crippen LogP contribution in [0.25, 0.3) is 0 Å². The Morgan fingerprint density at radius 2 is 1.76 bits per heavy atom. The van der Waals surface area contributed by atoms with Crippen molar-refractivity contribution in [2.45, 2.75) is 32.6 Å². The van der Waals surface area contributed by atoms with Crippen molar-refractivity contribution in [3.8, 4) is 0 Å². The zero-order chi connectivity index (χ0) is 13.1.